The van der Waals surface area contributed by atoms with E-state index in [0.29, 0.717) is 11.3 Å². The molecule has 8 nitrogen and oxygen atoms in total. The van der Waals surface area contributed by atoms with Crippen LogP contribution in [0.2, 0.25) is 0 Å². The molecule has 4 aromatic rings. The number of furan rings is 1. The topological polar surface area (TPSA) is 103 Å². The molecule has 1 amide bonds. The summed E-state index contributed by atoms with van der Waals surface area (Å²) >= 11 is 0. The number of nitrogens with zero attached hydrogens (tertiary/aromatic N) is 3. The Bertz CT molecular complexity index is 1220. The van der Waals surface area contributed by atoms with Gasteiger partial charge in [0.2, 0.25) is 5.91 Å². The molecule has 2 heterocycles. The zero-order valence-corrected chi connectivity index (χ0v) is 18.2. The molecule has 0 fully saturated rings. The number of aromatic nitrogens is 2. The van der Waals surface area contributed by atoms with Crippen molar-refractivity contribution in [3.63, 3.8) is 0 Å². The average molecular weight is 444 g/mol. The van der Waals surface area contributed by atoms with Crippen molar-refractivity contribution in [3.05, 3.63) is 101 Å². The number of nitro groups is 1. The smallest absolute Gasteiger partial charge is 0.269 e. The normalized spacial score (nSPS) is 11.8. The minimum absolute atomic E-state index is 0.00548. The predicted octanol–water partition coefficient (Wildman–Crippen LogP) is 4.72. The Kier molecular flexibility index (Phi) is 6.64. The number of para-hydroxylation sites is 1. The summed E-state index contributed by atoms with van der Waals surface area (Å²) in [5, 5.41) is 18.7. The molecule has 2 aromatic carbocycles. The summed E-state index contributed by atoms with van der Waals surface area (Å²) < 4.78 is 7.07. The second-order valence-electron chi connectivity index (χ2n) is 7.85. The van der Waals surface area contributed by atoms with Gasteiger partial charge in [-0.15, -0.1) is 0 Å². The maximum Gasteiger partial charge on any atom is 0.269 e. The van der Waals surface area contributed by atoms with E-state index in [-0.39, 0.29) is 24.1 Å². The molecular weight excluding hydrogens is 420 g/mol. The fourth-order valence-corrected chi connectivity index (χ4v) is 3.62. The molecule has 1 unspecified atom stereocenters. The number of rotatable bonds is 9. The Balaban J connectivity index is 1.53. The van der Waals surface area contributed by atoms with Gasteiger partial charge >= 0.3 is 0 Å². The van der Waals surface area contributed by atoms with Crippen molar-refractivity contribution in [1.29, 1.82) is 0 Å². The highest BCUT2D eigenvalue weighted by atomic mass is 16.6. The lowest BCUT2D eigenvalue weighted by atomic mass is 10.0. The number of benzene rings is 2. The van der Waals surface area contributed by atoms with Crippen LogP contribution in [0, 0.1) is 10.1 Å². The molecule has 2 aromatic heterocycles. The molecule has 4 rings (SSSR count). The molecular formula is C25H24N4O4. The van der Waals surface area contributed by atoms with Crippen LogP contribution in [0.3, 0.4) is 0 Å². The second-order valence-corrected chi connectivity index (χ2v) is 7.85. The minimum atomic E-state index is -0.440. The number of amides is 1. The lowest BCUT2D eigenvalue weighted by Crippen LogP contribution is -2.34. The highest BCUT2D eigenvalue weighted by Gasteiger charge is 2.18. The van der Waals surface area contributed by atoms with Gasteiger partial charge in [-0.05, 0) is 49.7 Å². The number of nitro benzene ring substituents is 1. The van der Waals surface area contributed by atoms with E-state index in [9.17, 15) is 14.9 Å². The van der Waals surface area contributed by atoms with E-state index in [2.05, 4.69) is 10.4 Å². The minimum Gasteiger partial charge on any atom is -0.469 e. The van der Waals surface area contributed by atoms with Crippen LogP contribution < -0.4 is 5.32 Å². The third-order valence-electron chi connectivity index (χ3n) is 5.32. The van der Waals surface area contributed by atoms with Crippen LogP contribution >= 0.6 is 0 Å². The van der Waals surface area contributed by atoms with Gasteiger partial charge in [0.25, 0.3) is 5.69 Å². The maximum atomic E-state index is 12.8. The third-order valence-corrected chi connectivity index (χ3v) is 5.32. The SMILES string of the molecule is CC(CCc1ccco1)NC(=O)Cc1cn(-c2ccccc2)nc1-c1ccc([N+](=O)[O-])cc1. The molecule has 0 aliphatic rings. The molecule has 33 heavy (non-hydrogen) atoms. The molecule has 0 aliphatic carbocycles. The molecule has 168 valence electrons. The van der Waals surface area contributed by atoms with E-state index in [4.69, 9.17) is 4.42 Å². The zero-order valence-electron chi connectivity index (χ0n) is 18.2. The van der Waals surface area contributed by atoms with Gasteiger partial charge in [-0.25, -0.2) is 4.68 Å². The number of nitrogens with one attached hydrogen (secondary N) is 1. The highest BCUT2D eigenvalue weighted by Crippen LogP contribution is 2.26. The first-order valence-corrected chi connectivity index (χ1v) is 10.7. The molecule has 0 saturated heterocycles. The predicted molar refractivity (Wildman–Crippen MR) is 124 cm³/mol. The van der Waals surface area contributed by atoms with Crippen molar-refractivity contribution in [1.82, 2.24) is 15.1 Å². The first-order chi connectivity index (χ1) is 16.0. The number of non-ortho nitro benzene ring substituents is 1. The van der Waals surface area contributed by atoms with Crippen molar-refractivity contribution in [2.24, 2.45) is 0 Å². The summed E-state index contributed by atoms with van der Waals surface area (Å²) in [5.74, 6) is 0.776. The monoisotopic (exact) mass is 444 g/mol. The third kappa shape index (κ3) is 5.54. The number of carbonyl (C=O) groups is 1. The molecule has 0 aliphatic heterocycles. The van der Waals surface area contributed by atoms with Crippen LogP contribution in [0.5, 0.6) is 0 Å². The van der Waals surface area contributed by atoms with Gasteiger partial charge in [0.1, 0.15) is 5.76 Å². The summed E-state index contributed by atoms with van der Waals surface area (Å²) in [6.45, 7) is 1.96. The summed E-state index contributed by atoms with van der Waals surface area (Å²) in [6, 6.07) is 19.5. The van der Waals surface area contributed by atoms with Gasteiger partial charge in [0.05, 0.1) is 29.0 Å². The molecule has 1 atom stereocenters. The summed E-state index contributed by atoms with van der Waals surface area (Å²) in [6.07, 6.45) is 5.12. The van der Waals surface area contributed by atoms with Gasteiger partial charge in [-0.2, -0.15) is 5.10 Å². The van der Waals surface area contributed by atoms with Crippen molar-refractivity contribution < 1.29 is 14.1 Å². The first-order valence-electron chi connectivity index (χ1n) is 10.7. The lowest BCUT2D eigenvalue weighted by molar-refractivity contribution is -0.384. The van der Waals surface area contributed by atoms with Gasteiger partial charge in [-0.1, -0.05) is 18.2 Å². The van der Waals surface area contributed by atoms with Crippen LogP contribution in [0.4, 0.5) is 5.69 Å². The summed E-state index contributed by atoms with van der Waals surface area (Å²) in [4.78, 5) is 23.4. The van der Waals surface area contributed by atoms with Gasteiger partial charge in [0, 0.05) is 41.9 Å². The molecule has 0 spiro atoms. The van der Waals surface area contributed by atoms with Gasteiger partial charge < -0.3 is 9.73 Å². The van der Waals surface area contributed by atoms with Crippen molar-refractivity contribution in [2.75, 3.05) is 0 Å². The van der Waals surface area contributed by atoms with Gasteiger partial charge in [-0.3, -0.25) is 14.9 Å². The number of aryl methyl sites for hydroxylation is 1. The van der Waals surface area contributed by atoms with Crippen molar-refractivity contribution >= 4 is 11.6 Å². The first kappa shape index (κ1) is 22.0. The Labute approximate surface area is 191 Å². The van der Waals surface area contributed by atoms with E-state index in [1.807, 2.05) is 55.6 Å². The number of hydrogen-bond donors (Lipinski definition) is 1. The van der Waals surface area contributed by atoms with Crippen LogP contribution in [-0.2, 0) is 17.6 Å². The number of carbonyl (C=O) groups excluding carboxylic acids is 1. The molecule has 8 heteroatoms. The average Bonchev–Trinajstić information content (AvgIpc) is 3.48. The molecule has 0 saturated carbocycles. The van der Waals surface area contributed by atoms with E-state index in [0.717, 1.165) is 29.9 Å². The number of hydrogen-bond acceptors (Lipinski definition) is 5. The zero-order chi connectivity index (χ0) is 23.2. The fourth-order valence-electron chi connectivity index (χ4n) is 3.62. The van der Waals surface area contributed by atoms with Gasteiger partial charge in [0.15, 0.2) is 0 Å². The Morgan fingerprint density at radius 1 is 1.12 bits per heavy atom. The second kappa shape index (κ2) is 9.95. The molecule has 0 bridgehead atoms. The quantitative estimate of drug-likeness (QED) is 0.297. The standard InChI is InChI=1S/C25H24N4O4/c1-18(9-14-23-8-5-15-33-23)26-24(30)16-20-17-28(21-6-3-2-4-7-21)27-25(20)19-10-12-22(13-11-19)29(31)32/h2-8,10-13,15,17-18H,9,14,16H2,1H3,(H,26,30). The largest absolute Gasteiger partial charge is 0.469 e. The Hall–Kier alpha value is -4.20. The molecule has 0 radical (unpaired) electrons. The lowest BCUT2D eigenvalue weighted by Gasteiger charge is -2.13. The van der Waals surface area contributed by atoms with E-state index >= 15 is 0 Å². The molecule has 1 N–H and O–H groups in total. The summed E-state index contributed by atoms with van der Waals surface area (Å²) in [7, 11) is 0. The fraction of sp³-hybridized carbons (Fsp3) is 0.200. The van der Waals surface area contributed by atoms with E-state index in [1.54, 1.807) is 23.1 Å². The Morgan fingerprint density at radius 2 is 1.88 bits per heavy atom. The highest BCUT2D eigenvalue weighted by molar-refractivity contribution is 5.81. The van der Waals surface area contributed by atoms with Crippen LogP contribution in [0.15, 0.2) is 83.6 Å². The van der Waals surface area contributed by atoms with Crippen LogP contribution in [0.25, 0.3) is 16.9 Å². The van der Waals surface area contributed by atoms with E-state index in [1.165, 1.54) is 12.1 Å². The van der Waals surface area contributed by atoms with Crippen LogP contribution in [0.1, 0.15) is 24.7 Å². The van der Waals surface area contributed by atoms with Crippen molar-refractivity contribution in [3.8, 4) is 16.9 Å². The van der Waals surface area contributed by atoms with Crippen molar-refractivity contribution in [2.45, 2.75) is 32.2 Å². The van der Waals surface area contributed by atoms with E-state index < -0.39 is 4.92 Å². The van der Waals surface area contributed by atoms with Crippen LogP contribution in [-0.4, -0.2) is 26.7 Å². The summed E-state index contributed by atoms with van der Waals surface area (Å²) in [5.41, 5.74) is 2.93. The maximum absolute atomic E-state index is 12.8. The Morgan fingerprint density at radius 3 is 2.55 bits per heavy atom.